The van der Waals surface area contributed by atoms with Crippen LogP contribution in [0.2, 0.25) is 0 Å². The molecule has 0 saturated heterocycles. The quantitative estimate of drug-likeness (QED) is 0.611. The van der Waals surface area contributed by atoms with Crippen LogP contribution in [0.4, 0.5) is 5.82 Å². The Labute approximate surface area is 133 Å². The van der Waals surface area contributed by atoms with Crippen LogP contribution in [0.25, 0.3) is 22.3 Å². The van der Waals surface area contributed by atoms with Gasteiger partial charge in [-0.25, -0.2) is 4.98 Å². The van der Waals surface area contributed by atoms with Crippen LogP contribution >= 0.6 is 0 Å². The van der Waals surface area contributed by atoms with Gasteiger partial charge in [0.05, 0.1) is 22.2 Å². The van der Waals surface area contributed by atoms with Gasteiger partial charge >= 0.3 is 0 Å². The van der Waals surface area contributed by atoms with E-state index in [-0.39, 0.29) is 5.56 Å². The fourth-order valence-electron chi connectivity index (χ4n) is 2.66. The zero-order chi connectivity index (χ0) is 16.4. The molecule has 0 radical (unpaired) electrons. The number of aryl methyl sites for hydroxylation is 2. The summed E-state index contributed by atoms with van der Waals surface area (Å²) in [5, 5.41) is 8.15. The van der Waals surface area contributed by atoms with Crippen LogP contribution in [0, 0.1) is 0 Å². The molecule has 0 aliphatic carbocycles. The molecule has 0 atom stereocenters. The first kappa shape index (κ1) is 15.2. The van der Waals surface area contributed by atoms with Crippen molar-refractivity contribution in [1.29, 1.82) is 0 Å². The summed E-state index contributed by atoms with van der Waals surface area (Å²) in [5.41, 5.74) is 8.19. The summed E-state index contributed by atoms with van der Waals surface area (Å²) in [5.74, 6) is 0.974. The maximum atomic E-state index is 12.3. The Bertz CT molecular complexity index is 895. The highest BCUT2D eigenvalue weighted by Gasteiger charge is 2.18. The number of para-hydroxylation sites is 1. The number of nitrogens with zero attached hydrogens (tertiary/aromatic N) is 3. The number of rotatable bonds is 5. The highest BCUT2D eigenvalue weighted by molar-refractivity contribution is 5.81. The number of H-pyrrole nitrogens is 1. The second-order valence-electron chi connectivity index (χ2n) is 5.47. The first-order valence-electron chi connectivity index (χ1n) is 7.57. The van der Waals surface area contributed by atoms with Crippen molar-refractivity contribution in [2.75, 3.05) is 19.3 Å². The SMILES string of the molecule is CNCCCc1nn(C)c(N)c1-c1nc2ccccc2c(=O)[nH]1. The predicted molar refractivity (Wildman–Crippen MR) is 91.2 cm³/mol. The monoisotopic (exact) mass is 312 g/mol. The van der Waals surface area contributed by atoms with Gasteiger partial charge in [0.2, 0.25) is 0 Å². The number of fused-ring (bicyclic) bond motifs is 1. The number of aromatic amines is 1. The van der Waals surface area contributed by atoms with Crippen LogP contribution in [-0.4, -0.2) is 33.3 Å². The first-order chi connectivity index (χ1) is 11.1. The van der Waals surface area contributed by atoms with Crippen molar-refractivity contribution in [3.05, 3.63) is 40.3 Å². The van der Waals surface area contributed by atoms with Crippen molar-refractivity contribution in [3.63, 3.8) is 0 Å². The first-order valence-corrected chi connectivity index (χ1v) is 7.57. The summed E-state index contributed by atoms with van der Waals surface area (Å²) in [4.78, 5) is 19.7. The average molecular weight is 312 g/mol. The third-order valence-corrected chi connectivity index (χ3v) is 3.85. The molecule has 0 aliphatic heterocycles. The van der Waals surface area contributed by atoms with Crippen LogP contribution in [-0.2, 0) is 13.5 Å². The molecule has 3 rings (SSSR count). The fraction of sp³-hybridized carbons (Fsp3) is 0.312. The maximum absolute atomic E-state index is 12.3. The average Bonchev–Trinajstić information content (AvgIpc) is 2.82. The van der Waals surface area contributed by atoms with E-state index in [0.29, 0.717) is 28.1 Å². The molecule has 0 bridgehead atoms. The number of nitrogens with one attached hydrogen (secondary N) is 2. The van der Waals surface area contributed by atoms with Crippen molar-refractivity contribution in [2.45, 2.75) is 12.8 Å². The van der Waals surface area contributed by atoms with Gasteiger partial charge in [0.1, 0.15) is 11.6 Å². The standard InChI is InChI=1S/C16H20N6O/c1-18-9-5-8-12-13(14(17)22(2)21-12)15-19-11-7-4-3-6-10(11)16(23)20-15/h3-4,6-7,18H,5,8-9,17H2,1-2H3,(H,19,20,23). The molecule has 2 aromatic heterocycles. The molecule has 4 N–H and O–H groups in total. The van der Waals surface area contributed by atoms with Gasteiger partial charge in [-0.3, -0.25) is 9.48 Å². The molecular weight excluding hydrogens is 292 g/mol. The minimum absolute atomic E-state index is 0.171. The molecule has 2 heterocycles. The molecule has 7 nitrogen and oxygen atoms in total. The Morgan fingerprint density at radius 1 is 1.35 bits per heavy atom. The van der Waals surface area contributed by atoms with Crippen molar-refractivity contribution >= 4 is 16.7 Å². The largest absolute Gasteiger partial charge is 0.383 e. The van der Waals surface area contributed by atoms with E-state index in [1.54, 1.807) is 17.8 Å². The Morgan fingerprint density at radius 3 is 2.91 bits per heavy atom. The lowest BCUT2D eigenvalue weighted by Gasteiger charge is -2.05. The molecule has 0 unspecified atom stereocenters. The van der Waals surface area contributed by atoms with Crippen molar-refractivity contribution in [1.82, 2.24) is 25.1 Å². The molecule has 0 amide bonds. The van der Waals surface area contributed by atoms with Gasteiger partial charge in [-0.2, -0.15) is 5.10 Å². The zero-order valence-corrected chi connectivity index (χ0v) is 13.3. The lowest BCUT2D eigenvalue weighted by molar-refractivity contribution is 0.692. The van der Waals surface area contributed by atoms with E-state index < -0.39 is 0 Å². The van der Waals surface area contributed by atoms with Gasteiger partial charge in [0.15, 0.2) is 0 Å². The molecule has 0 saturated carbocycles. The number of nitrogen functional groups attached to an aromatic ring is 1. The Kier molecular flexibility index (Phi) is 4.12. The number of anilines is 1. The minimum atomic E-state index is -0.171. The minimum Gasteiger partial charge on any atom is -0.383 e. The van der Waals surface area contributed by atoms with E-state index in [1.165, 1.54) is 0 Å². The zero-order valence-electron chi connectivity index (χ0n) is 13.3. The Morgan fingerprint density at radius 2 is 2.13 bits per heavy atom. The molecular formula is C16H20N6O. The summed E-state index contributed by atoms with van der Waals surface area (Å²) in [6.07, 6.45) is 1.69. The second-order valence-corrected chi connectivity index (χ2v) is 5.47. The van der Waals surface area contributed by atoms with E-state index in [4.69, 9.17) is 5.73 Å². The summed E-state index contributed by atoms with van der Waals surface area (Å²) < 4.78 is 1.62. The van der Waals surface area contributed by atoms with E-state index >= 15 is 0 Å². The van der Waals surface area contributed by atoms with E-state index in [1.807, 2.05) is 25.2 Å². The normalized spacial score (nSPS) is 11.2. The van der Waals surface area contributed by atoms with Gasteiger partial charge in [-0.1, -0.05) is 12.1 Å². The van der Waals surface area contributed by atoms with Crippen LogP contribution in [0.3, 0.4) is 0 Å². The van der Waals surface area contributed by atoms with Crippen LogP contribution in [0.1, 0.15) is 12.1 Å². The van der Waals surface area contributed by atoms with Gasteiger partial charge in [0.25, 0.3) is 5.56 Å². The van der Waals surface area contributed by atoms with Gasteiger partial charge < -0.3 is 16.0 Å². The molecule has 1 aromatic carbocycles. The molecule has 120 valence electrons. The number of nitrogens with two attached hydrogens (primary N) is 1. The fourth-order valence-corrected chi connectivity index (χ4v) is 2.66. The highest BCUT2D eigenvalue weighted by Crippen LogP contribution is 2.27. The Balaban J connectivity index is 2.12. The third kappa shape index (κ3) is 2.83. The highest BCUT2D eigenvalue weighted by atomic mass is 16.1. The summed E-state index contributed by atoms with van der Waals surface area (Å²) in [6.45, 7) is 0.886. The lowest BCUT2D eigenvalue weighted by atomic mass is 10.1. The number of hydrogen-bond acceptors (Lipinski definition) is 5. The van der Waals surface area contributed by atoms with Crippen LogP contribution in [0.15, 0.2) is 29.1 Å². The molecule has 0 aliphatic rings. The second kappa shape index (κ2) is 6.21. The van der Waals surface area contributed by atoms with Crippen molar-refractivity contribution in [3.8, 4) is 11.4 Å². The predicted octanol–water partition coefficient (Wildman–Crippen LogP) is 1.06. The van der Waals surface area contributed by atoms with Crippen LogP contribution < -0.4 is 16.6 Å². The van der Waals surface area contributed by atoms with E-state index in [0.717, 1.165) is 25.1 Å². The van der Waals surface area contributed by atoms with E-state index in [2.05, 4.69) is 20.4 Å². The molecule has 0 spiro atoms. The maximum Gasteiger partial charge on any atom is 0.259 e. The smallest absolute Gasteiger partial charge is 0.259 e. The topological polar surface area (TPSA) is 102 Å². The van der Waals surface area contributed by atoms with Crippen LogP contribution in [0.5, 0.6) is 0 Å². The molecule has 3 aromatic rings. The molecule has 0 fully saturated rings. The summed E-state index contributed by atoms with van der Waals surface area (Å²) in [7, 11) is 3.70. The van der Waals surface area contributed by atoms with Gasteiger partial charge in [-0.05, 0) is 38.6 Å². The Hall–Kier alpha value is -2.67. The lowest BCUT2D eigenvalue weighted by Crippen LogP contribution is -2.11. The number of aromatic nitrogens is 4. The number of hydrogen-bond donors (Lipinski definition) is 3. The summed E-state index contributed by atoms with van der Waals surface area (Å²) >= 11 is 0. The van der Waals surface area contributed by atoms with Gasteiger partial charge in [0, 0.05) is 7.05 Å². The number of benzene rings is 1. The summed E-state index contributed by atoms with van der Waals surface area (Å²) in [6, 6.07) is 7.26. The third-order valence-electron chi connectivity index (χ3n) is 3.85. The van der Waals surface area contributed by atoms with Crippen molar-refractivity contribution in [2.24, 2.45) is 7.05 Å². The van der Waals surface area contributed by atoms with Gasteiger partial charge in [-0.15, -0.1) is 0 Å². The van der Waals surface area contributed by atoms with E-state index in [9.17, 15) is 4.79 Å². The molecule has 7 heteroatoms. The van der Waals surface area contributed by atoms with Crippen molar-refractivity contribution < 1.29 is 0 Å². The molecule has 23 heavy (non-hydrogen) atoms.